The molecule has 0 amide bonds. The van der Waals surface area contributed by atoms with Crippen LogP contribution in [0.3, 0.4) is 0 Å². The predicted molar refractivity (Wildman–Crippen MR) is 56.9 cm³/mol. The molecule has 1 rings (SSSR count). The molecule has 1 aromatic carbocycles. The smallest absolute Gasteiger partial charge is 0.140 e. The highest BCUT2D eigenvalue weighted by Crippen LogP contribution is 2.07. The first-order valence-electron chi connectivity index (χ1n) is 3.59. The van der Waals surface area contributed by atoms with Crippen molar-refractivity contribution < 1.29 is 4.55 Å². The van der Waals surface area contributed by atoms with Crippen molar-refractivity contribution in [3.05, 3.63) is 30.3 Å². The van der Waals surface area contributed by atoms with E-state index in [-0.39, 0.29) is 0 Å². The Balaban J connectivity index is 2.41. The SMILES string of the molecule is [O-][S+](CCBr)Nc1ccccc1. The van der Waals surface area contributed by atoms with Crippen LogP contribution < -0.4 is 4.72 Å². The molecule has 0 aliphatic carbocycles. The number of para-hydroxylation sites is 1. The van der Waals surface area contributed by atoms with Crippen molar-refractivity contribution in [1.29, 1.82) is 0 Å². The van der Waals surface area contributed by atoms with Crippen molar-refractivity contribution in [2.75, 3.05) is 15.8 Å². The molecule has 0 fully saturated rings. The van der Waals surface area contributed by atoms with Crippen LogP contribution in [0, 0.1) is 0 Å². The van der Waals surface area contributed by atoms with Gasteiger partial charge in [0.25, 0.3) is 0 Å². The molecule has 0 spiro atoms. The van der Waals surface area contributed by atoms with E-state index < -0.39 is 11.4 Å². The van der Waals surface area contributed by atoms with Crippen LogP contribution in [-0.4, -0.2) is 15.6 Å². The van der Waals surface area contributed by atoms with Crippen molar-refractivity contribution >= 4 is 33.0 Å². The van der Waals surface area contributed by atoms with Crippen molar-refractivity contribution in [2.45, 2.75) is 0 Å². The maximum absolute atomic E-state index is 11.2. The highest BCUT2D eigenvalue weighted by molar-refractivity contribution is 9.09. The molecule has 0 saturated heterocycles. The van der Waals surface area contributed by atoms with Crippen molar-refractivity contribution in [1.82, 2.24) is 0 Å². The Kier molecular flexibility index (Phi) is 4.50. The molecule has 1 aromatic rings. The second-order valence-electron chi connectivity index (χ2n) is 2.21. The molecule has 1 N–H and O–H groups in total. The highest BCUT2D eigenvalue weighted by Gasteiger charge is 2.03. The minimum absolute atomic E-state index is 0.620. The summed E-state index contributed by atoms with van der Waals surface area (Å²) in [6.45, 7) is 0. The van der Waals surface area contributed by atoms with E-state index in [4.69, 9.17) is 0 Å². The standard InChI is InChI=1S/C8H10BrNOS/c9-6-7-12(11)10-8-4-2-1-3-5-8/h1-5,10H,6-7H2. The van der Waals surface area contributed by atoms with Gasteiger partial charge in [-0.1, -0.05) is 34.1 Å². The number of benzene rings is 1. The number of hydrogen-bond acceptors (Lipinski definition) is 2. The van der Waals surface area contributed by atoms with E-state index in [1.807, 2.05) is 30.3 Å². The maximum Gasteiger partial charge on any atom is 0.140 e. The topological polar surface area (TPSA) is 35.1 Å². The number of hydrogen-bond donors (Lipinski definition) is 1. The molecule has 1 atom stereocenters. The molecule has 2 nitrogen and oxygen atoms in total. The maximum atomic E-state index is 11.2. The molecular weight excluding hydrogens is 238 g/mol. The van der Waals surface area contributed by atoms with Gasteiger partial charge in [-0.05, 0) is 12.1 Å². The van der Waals surface area contributed by atoms with Gasteiger partial charge >= 0.3 is 0 Å². The predicted octanol–water partition coefficient (Wildman–Crippen LogP) is 2.16. The Morgan fingerprint density at radius 3 is 2.58 bits per heavy atom. The summed E-state index contributed by atoms with van der Waals surface area (Å²) < 4.78 is 14.1. The van der Waals surface area contributed by atoms with E-state index >= 15 is 0 Å². The van der Waals surface area contributed by atoms with Crippen LogP contribution in [-0.2, 0) is 11.4 Å². The summed E-state index contributed by atoms with van der Waals surface area (Å²) in [6, 6.07) is 9.54. The van der Waals surface area contributed by atoms with Crippen molar-refractivity contribution in [3.63, 3.8) is 0 Å². The fraction of sp³-hybridized carbons (Fsp3) is 0.250. The highest BCUT2D eigenvalue weighted by atomic mass is 79.9. The van der Waals surface area contributed by atoms with Crippen molar-refractivity contribution in [2.24, 2.45) is 0 Å². The van der Waals surface area contributed by atoms with Crippen LogP contribution in [0.2, 0.25) is 0 Å². The molecule has 0 aliphatic rings. The van der Waals surface area contributed by atoms with E-state index in [1.54, 1.807) is 0 Å². The van der Waals surface area contributed by atoms with E-state index in [1.165, 1.54) is 0 Å². The fourth-order valence-corrected chi connectivity index (χ4v) is 2.28. The lowest BCUT2D eigenvalue weighted by atomic mass is 10.3. The molecule has 0 radical (unpaired) electrons. The van der Waals surface area contributed by atoms with Gasteiger partial charge in [-0.3, -0.25) is 0 Å². The molecule has 0 bridgehead atoms. The van der Waals surface area contributed by atoms with Crippen LogP contribution in [0.1, 0.15) is 0 Å². The van der Waals surface area contributed by atoms with E-state index in [9.17, 15) is 4.55 Å². The summed E-state index contributed by atoms with van der Waals surface area (Å²) in [4.78, 5) is 0. The average Bonchev–Trinajstić information content (AvgIpc) is 2.06. The third-order valence-corrected chi connectivity index (χ3v) is 3.23. The minimum atomic E-state index is -0.968. The molecule has 0 aliphatic heterocycles. The summed E-state index contributed by atoms with van der Waals surface area (Å²) in [5.41, 5.74) is 0.900. The summed E-state index contributed by atoms with van der Waals surface area (Å²) in [7, 11) is 0. The molecular formula is C8H10BrNOS. The van der Waals surface area contributed by atoms with Gasteiger partial charge in [-0.15, -0.1) is 0 Å². The fourth-order valence-electron chi connectivity index (χ4n) is 0.759. The third kappa shape index (κ3) is 3.47. The molecule has 1 unspecified atom stereocenters. The van der Waals surface area contributed by atoms with Gasteiger partial charge in [0.15, 0.2) is 0 Å². The molecule has 12 heavy (non-hydrogen) atoms. The molecule has 0 heterocycles. The van der Waals surface area contributed by atoms with Gasteiger partial charge in [0, 0.05) is 0 Å². The first kappa shape index (κ1) is 9.89. The monoisotopic (exact) mass is 247 g/mol. The normalized spacial score (nSPS) is 12.5. The van der Waals surface area contributed by atoms with Crippen LogP contribution in [0.4, 0.5) is 5.69 Å². The van der Waals surface area contributed by atoms with Crippen LogP contribution in [0.15, 0.2) is 30.3 Å². The van der Waals surface area contributed by atoms with Crippen LogP contribution in [0.5, 0.6) is 0 Å². The Hall–Kier alpha value is -0.190. The Morgan fingerprint density at radius 2 is 2.00 bits per heavy atom. The van der Waals surface area contributed by atoms with Gasteiger partial charge in [-0.2, -0.15) is 0 Å². The number of nitrogens with one attached hydrogen (secondary N) is 1. The third-order valence-electron chi connectivity index (χ3n) is 1.27. The zero-order valence-corrected chi connectivity index (χ0v) is 8.90. The first-order valence-corrected chi connectivity index (χ1v) is 6.03. The van der Waals surface area contributed by atoms with E-state index in [2.05, 4.69) is 20.7 Å². The largest absolute Gasteiger partial charge is 0.593 e. The number of halogens is 1. The first-order chi connectivity index (χ1) is 5.83. The quantitative estimate of drug-likeness (QED) is 0.654. The van der Waals surface area contributed by atoms with E-state index in [0.717, 1.165) is 11.0 Å². The number of alkyl halides is 1. The summed E-state index contributed by atoms with van der Waals surface area (Å²) in [6.07, 6.45) is 0. The Morgan fingerprint density at radius 1 is 1.33 bits per heavy atom. The Labute approximate surface area is 83.8 Å². The van der Waals surface area contributed by atoms with Gasteiger partial charge < -0.3 is 4.55 Å². The second kappa shape index (κ2) is 5.45. The lowest BCUT2D eigenvalue weighted by molar-refractivity contribution is 0.601. The number of rotatable bonds is 4. The summed E-state index contributed by atoms with van der Waals surface area (Å²) in [5.74, 6) is 0.620. The molecule has 0 saturated carbocycles. The van der Waals surface area contributed by atoms with Gasteiger partial charge in [0.05, 0.1) is 22.4 Å². The lowest BCUT2D eigenvalue weighted by Gasteiger charge is -2.09. The zero-order valence-electron chi connectivity index (χ0n) is 6.50. The van der Waals surface area contributed by atoms with Gasteiger partial charge in [0.2, 0.25) is 0 Å². The molecule has 66 valence electrons. The van der Waals surface area contributed by atoms with E-state index in [0.29, 0.717) is 5.75 Å². The summed E-state index contributed by atoms with van der Waals surface area (Å²) in [5, 5.41) is 0.749. The number of anilines is 1. The van der Waals surface area contributed by atoms with Crippen LogP contribution >= 0.6 is 15.9 Å². The van der Waals surface area contributed by atoms with Crippen LogP contribution in [0.25, 0.3) is 0 Å². The minimum Gasteiger partial charge on any atom is -0.593 e. The van der Waals surface area contributed by atoms with Gasteiger partial charge in [0.1, 0.15) is 5.75 Å². The Bertz CT molecular complexity index is 220. The average molecular weight is 248 g/mol. The second-order valence-corrected chi connectivity index (χ2v) is 4.30. The molecule has 0 aromatic heterocycles. The lowest BCUT2D eigenvalue weighted by Crippen LogP contribution is -2.17. The molecule has 4 heteroatoms. The zero-order chi connectivity index (χ0) is 8.81. The summed E-state index contributed by atoms with van der Waals surface area (Å²) >= 11 is 2.26. The van der Waals surface area contributed by atoms with Crippen molar-refractivity contribution in [3.8, 4) is 0 Å². The van der Waals surface area contributed by atoms with Gasteiger partial charge in [-0.25, -0.2) is 4.72 Å².